The highest BCUT2D eigenvalue weighted by Crippen LogP contribution is 2.73. The van der Waals surface area contributed by atoms with Crippen molar-refractivity contribution in [2.45, 2.75) is 89.9 Å². The lowest BCUT2D eigenvalue weighted by atomic mass is 9.44. The molecule has 5 aliphatic rings. The molecule has 5 rings (SSSR count). The van der Waals surface area contributed by atoms with Crippen molar-refractivity contribution in [2.24, 2.45) is 34.5 Å². The van der Waals surface area contributed by atoms with Gasteiger partial charge in [0.2, 0.25) is 0 Å². The maximum absolute atomic E-state index is 12.2. The van der Waals surface area contributed by atoms with E-state index in [0.717, 1.165) is 37.5 Å². The van der Waals surface area contributed by atoms with Crippen LogP contribution in [0.2, 0.25) is 0 Å². The summed E-state index contributed by atoms with van der Waals surface area (Å²) in [6.45, 7) is 6.69. The number of carbonyl (C=O) groups excluding carboxylic acids is 1. The molecule has 1 N–H and O–H groups in total. The molecule has 1 spiro atoms. The van der Waals surface area contributed by atoms with Crippen LogP contribution in [0.4, 0.5) is 0 Å². The van der Waals surface area contributed by atoms with Gasteiger partial charge in [-0.3, -0.25) is 4.79 Å². The summed E-state index contributed by atoms with van der Waals surface area (Å²) < 4.78 is 6.36. The number of epoxide rings is 1. The Morgan fingerprint density at radius 2 is 1.88 bits per heavy atom. The second kappa shape index (κ2) is 4.65. The van der Waals surface area contributed by atoms with Gasteiger partial charge in [-0.1, -0.05) is 13.8 Å². The van der Waals surface area contributed by atoms with Gasteiger partial charge in [-0.15, -0.1) is 0 Å². The van der Waals surface area contributed by atoms with Gasteiger partial charge in [0.1, 0.15) is 11.4 Å². The average molecular weight is 332 g/mol. The first-order chi connectivity index (χ1) is 11.3. The molecule has 0 amide bonds. The molecule has 24 heavy (non-hydrogen) atoms. The summed E-state index contributed by atoms with van der Waals surface area (Å²) in [6, 6.07) is 0. The van der Waals surface area contributed by atoms with Gasteiger partial charge in [-0.2, -0.15) is 0 Å². The topological polar surface area (TPSA) is 49.8 Å². The smallest absolute Gasteiger partial charge is 0.133 e. The molecule has 5 fully saturated rings. The van der Waals surface area contributed by atoms with E-state index in [0.29, 0.717) is 17.8 Å². The molecule has 1 heterocycles. The van der Waals surface area contributed by atoms with Gasteiger partial charge in [0.15, 0.2) is 0 Å². The zero-order valence-electron chi connectivity index (χ0n) is 15.4. The van der Waals surface area contributed by atoms with Crippen LogP contribution in [0.15, 0.2) is 0 Å². The quantitative estimate of drug-likeness (QED) is 0.745. The summed E-state index contributed by atoms with van der Waals surface area (Å²) in [6.07, 6.45) is 9.10. The van der Waals surface area contributed by atoms with Crippen molar-refractivity contribution in [1.29, 1.82) is 0 Å². The molecule has 9 atom stereocenters. The number of carbonyl (C=O) groups is 1. The molecule has 0 bridgehead atoms. The number of fused-ring (bicyclic) bond motifs is 4. The lowest BCUT2D eigenvalue weighted by Crippen LogP contribution is -2.58. The van der Waals surface area contributed by atoms with Crippen LogP contribution >= 0.6 is 0 Å². The predicted molar refractivity (Wildman–Crippen MR) is 91.4 cm³/mol. The van der Waals surface area contributed by atoms with Crippen LogP contribution in [0.25, 0.3) is 0 Å². The van der Waals surface area contributed by atoms with Crippen LogP contribution in [-0.2, 0) is 9.53 Å². The van der Waals surface area contributed by atoms with Crippen LogP contribution in [-0.4, -0.2) is 28.7 Å². The van der Waals surface area contributed by atoms with Crippen molar-refractivity contribution in [1.82, 2.24) is 0 Å². The molecule has 0 aromatic rings. The molecular weight excluding hydrogens is 300 g/mol. The van der Waals surface area contributed by atoms with Crippen LogP contribution in [0.3, 0.4) is 0 Å². The molecular formula is C21H32O3. The third kappa shape index (κ3) is 1.69. The average Bonchev–Trinajstić information content (AvgIpc) is 3.08. The zero-order chi connectivity index (χ0) is 16.9. The highest BCUT2D eigenvalue weighted by molar-refractivity contribution is 5.79. The van der Waals surface area contributed by atoms with Crippen LogP contribution < -0.4 is 0 Å². The number of hydrogen-bond acceptors (Lipinski definition) is 3. The van der Waals surface area contributed by atoms with E-state index < -0.39 is 0 Å². The Kier molecular flexibility index (Phi) is 3.06. The molecule has 134 valence electrons. The van der Waals surface area contributed by atoms with Crippen molar-refractivity contribution in [3.8, 4) is 0 Å². The van der Waals surface area contributed by atoms with E-state index in [2.05, 4.69) is 13.8 Å². The van der Waals surface area contributed by atoms with E-state index in [9.17, 15) is 9.90 Å². The number of aliphatic hydroxyl groups excluding tert-OH is 1. The fraction of sp³-hybridized carbons (Fsp3) is 0.952. The maximum Gasteiger partial charge on any atom is 0.133 e. The Balaban J connectivity index is 1.49. The summed E-state index contributed by atoms with van der Waals surface area (Å²) in [7, 11) is 0. The number of rotatable bonds is 1. The van der Waals surface area contributed by atoms with E-state index in [1.54, 1.807) is 0 Å². The lowest BCUT2D eigenvalue weighted by Gasteiger charge is -2.59. The summed E-state index contributed by atoms with van der Waals surface area (Å²) >= 11 is 0. The summed E-state index contributed by atoms with van der Waals surface area (Å²) in [5.74, 6) is 2.87. The number of hydrogen-bond donors (Lipinski definition) is 1. The van der Waals surface area contributed by atoms with E-state index in [4.69, 9.17) is 4.74 Å². The molecule has 0 radical (unpaired) electrons. The number of aliphatic hydroxyl groups is 1. The minimum absolute atomic E-state index is 0.0157. The Morgan fingerprint density at radius 3 is 2.62 bits per heavy atom. The highest BCUT2D eigenvalue weighted by Gasteiger charge is 2.76. The molecule has 0 aromatic carbocycles. The molecule has 3 unspecified atom stereocenters. The molecule has 1 aliphatic heterocycles. The maximum atomic E-state index is 12.2. The molecule has 3 heteroatoms. The first kappa shape index (κ1) is 15.8. The van der Waals surface area contributed by atoms with Crippen LogP contribution in [0, 0.1) is 34.5 Å². The molecule has 3 nitrogen and oxygen atoms in total. The lowest BCUT2D eigenvalue weighted by molar-refractivity contribution is -0.133. The molecule has 0 aromatic heterocycles. The SMILES string of the molecule is CC(=O)[C@H]1CC[C@H]2[C@@H]3CC4OC45CC(O)CC[C@]5(C)[C@H]3CC[C@]12C. The summed E-state index contributed by atoms with van der Waals surface area (Å²) in [5.41, 5.74) is 0.458. The van der Waals surface area contributed by atoms with Crippen molar-refractivity contribution in [3.05, 3.63) is 0 Å². The van der Waals surface area contributed by atoms with Crippen LogP contribution in [0.1, 0.15) is 72.1 Å². The van der Waals surface area contributed by atoms with Gasteiger partial charge >= 0.3 is 0 Å². The Hall–Kier alpha value is -0.410. The molecule has 4 saturated carbocycles. The normalized spacial score (nSPS) is 61.3. The largest absolute Gasteiger partial charge is 0.393 e. The van der Waals surface area contributed by atoms with Crippen molar-refractivity contribution in [3.63, 3.8) is 0 Å². The number of Topliss-reactive ketones (excluding diaryl/α,β-unsaturated/α-hetero) is 1. The van der Waals surface area contributed by atoms with Gasteiger partial charge in [0, 0.05) is 17.8 Å². The van der Waals surface area contributed by atoms with Crippen molar-refractivity contribution >= 4 is 5.78 Å². The first-order valence-corrected chi connectivity index (χ1v) is 10.2. The minimum Gasteiger partial charge on any atom is -0.393 e. The number of ketones is 1. The highest BCUT2D eigenvalue weighted by atomic mass is 16.6. The summed E-state index contributed by atoms with van der Waals surface area (Å²) in [5, 5.41) is 10.2. The van der Waals surface area contributed by atoms with Gasteiger partial charge in [0.25, 0.3) is 0 Å². The third-order valence-electron chi connectivity index (χ3n) is 9.55. The predicted octanol–water partition coefficient (Wildman–Crippen LogP) is 3.73. The fourth-order valence-electron chi connectivity index (χ4n) is 8.33. The minimum atomic E-state index is -0.165. The Labute approximate surface area is 145 Å². The fourth-order valence-corrected chi connectivity index (χ4v) is 8.33. The van der Waals surface area contributed by atoms with Gasteiger partial charge < -0.3 is 9.84 Å². The van der Waals surface area contributed by atoms with Crippen LogP contribution in [0.5, 0.6) is 0 Å². The van der Waals surface area contributed by atoms with Crippen molar-refractivity contribution in [2.75, 3.05) is 0 Å². The second-order valence-electron chi connectivity index (χ2n) is 10.2. The zero-order valence-corrected chi connectivity index (χ0v) is 15.4. The molecule has 1 saturated heterocycles. The van der Waals surface area contributed by atoms with Gasteiger partial charge in [-0.25, -0.2) is 0 Å². The summed E-state index contributed by atoms with van der Waals surface area (Å²) in [4.78, 5) is 12.2. The van der Waals surface area contributed by atoms with Gasteiger partial charge in [-0.05, 0) is 75.0 Å². The monoisotopic (exact) mass is 332 g/mol. The van der Waals surface area contributed by atoms with E-state index in [1.165, 1.54) is 25.7 Å². The van der Waals surface area contributed by atoms with E-state index in [1.807, 2.05) is 6.92 Å². The second-order valence-corrected chi connectivity index (χ2v) is 10.2. The standard InChI is InChI=1S/C21H32O3/c1-12(22)15-4-5-16-14-10-18-21(24-18)11-13(23)6-9-20(21,3)17(14)7-8-19(15,16)2/h13-18,23H,4-11H2,1-3H3/t13?,14-,15+,16-,17-,18?,19+,20+,21?/m0/s1. The van der Waals surface area contributed by atoms with E-state index >= 15 is 0 Å². The Morgan fingerprint density at radius 1 is 1.08 bits per heavy atom. The third-order valence-corrected chi connectivity index (χ3v) is 9.55. The molecule has 4 aliphatic carbocycles. The number of ether oxygens (including phenoxy) is 1. The van der Waals surface area contributed by atoms with Gasteiger partial charge in [0.05, 0.1) is 12.2 Å². The van der Waals surface area contributed by atoms with Crippen molar-refractivity contribution < 1.29 is 14.6 Å². The first-order valence-electron chi connectivity index (χ1n) is 10.2. The van der Waals surface area contributed by atoms with E-state index in [-0.39, 0.29) is 28.5 Å². The Bertz CT molecular complexity index is 588.